The lowest BCUT2D eigenvalue weighted by atomic mass is 9.85. The summed E-state index contributed by atoms with van der Waals surface area (Å²) in [4.78, 5) is 64.7. The smallest absolute Gasteiger partial charge is 0.409 e. The summed E-state index contributed by atoms with van der Waals surface area (Å²) in [6, 6.07) is 25.0. The molecule has 1 saturated heterocycles. The number of carboxylic acids is 3. The molecule has 3 aromatic rings. The maximum absolute atomic E-state index is 14.2. The molecule has 4 rings (SSSR count). The van der Waals surface area contributed by atoms with Crippen molar-refractivity contribution in [3.8, 4) is 11.5 Å². The van der Waals surface area contributed by atoms with Gasteiger partial charge < -0.3 is 44.1 Å². The molecule has 0 spiro atoms. The van der Waals surface area contributed by atoms with Crippen molar-refractivity contribution in [3.63, 3.8) is 0 Å². The second-order valence-corrected chi connectivity index (χ2v) is 11.6. The van der Waals surface area contributed by atoms with Crippen LogP contribution in [0.25, 0.3) is 0 Å². The molecule has 1 heterocycles. The Morgan fingerprint density at radius 3 is 1.94 bits per heavy atom. The number of ether oxygens (including phenoxy) is 4. The topological polar surface area (TPSA) is 189 Å². The fourth-order valence-corrected chi connectivity index (χ4v) is 5.47. The zero-order valence-corrected chi connectivity index (χ0v) is 27.1. The van der Waals surface area contributed by atoms with Gasteiger partial charge in [-0.1, -0.05) is 60.7 Å². The monoisotopic (exact) mass is 678 g/mol. The summed E-state index contributed by atoms with van der Waals surface area (Å²) in [5.74, 6) is -9.17. The second kappa shape index (κ2) is 16.1. The number of para-hydroxylation sites is 1. The number of aliphatic carboxylic acids is 3. The molecule has 0 bridgehead atoms. The first-order chi connectivity index (χ1) is 23.3. The average molecular weight is 679 g/mol. The van der Waals surface area contributed by atoms with Gasteiger partial charge in [0.2, 0.25) is 0 Å². The van der Waals surface area contributed by atoms with E-state index < -0.39 is 73.0 Å². The lowest BCUT2D eigenvalue weighted by Crippen LogP contribution is -2.53. The van der Waals surface area contributed by atoms with Gasteiger partial charge in [-0.25, -0.2) is 14.4 Å². The van der Waals surface area contributed by atoms with Crippen LogP contribution in [-0.4, -0.2) is 106 Å². The number of amides is 2. The summed E-state index contributed by atoms with van der Waals surface area (Å²) in [5, 5.41) is 29.4. The third-order valence-electron chi connectivity index (χ3n) is 8.03. The first-order valence-corrected chi connectivity index (χ1v) is 15.4. The van der Waals surface area contributed by atoms with Gasteiger partial charge in [-0.05, 0) is 55.2 Å². The molecule has 1 fully saturated rings. The molecular formula is C35H38N2O12. The minimum Gasteiger partial charge on any atom is -0.480 e. The molecule has 0 radical (unpaired) electrons. The van der Waals surface area contributed by atoms with Crippen molar-refractivity contribution in [1.29, 1.82) is 0 Å². The molecule has 4 unspecified atom stereocenters. The second-order valence-electron chi connectivity index (χ2n) is 11.6. The number of carbonyl (C=O) groups excluding carboxylic acids is 2. The number of rotatable bonds is 15. The molecule has 3 aromatic carbocycles. The average Bonchev–Trinajstić information content (AvgIpc) is 3.49. The normalized spacial score (nSPS) is 17.7. The SMILES string of the molecule is CC(C(CCc1ccccc1)c1ccc(Oc2ccccc2)cc1)N(CC(=O)O)C(=O)C1OC(C(=O)O)(C(=O)O)OC1COC(=O)N(C)C. The highest BCUT2D eigenvalue weighted by Gasteiger charge is 2.62. The van der Waals surface area contributed by atoms with Crippen molar-refractivity contribution >= 4 is 29.9 Å². The Labute approximate surface area is 282 Å². The van der Waals surface area contributed by atoms with E-state index in [4.69, 9.17) is 18.9 Å². The largest absolute Gasteiger partial charge is 0.480 e. The van der Waals surface area contributed by atoms with Crippen LogP contribution >= 0.6 is 0 Å². The molecule has 1 aliphatic heterocycles. The van der Waals surface area contributed by atoms with E-state index >= 15 is 0 Å². The van der Waals surface area contributed by atoms with Gasteiger partial charge in [-0.2, -0.15) is 0 Å². The number of carbonyl (C=O) groups is 5. The lowest BCUT2D eigenvalue weighted by molar-refractivity contribution is -0.221. The molecule has 14 heteroatoms. The van der Waals surface area contributed by atoms with E-state index in [1.165, 1.54) is 14.1 Å². The minimum absolute atomic E-state index is 0.452. The van der Waals surface area contributed by atoms with Gasteiger partial charge in [0.05, 0.1) is 0 Å². The van der Waals surface area contributed by atoms with E-state index in [-0.39, 0.29) is 0 Å². The molecule has 14 nitrogen and oxygen atoms in total. The lowest BCUT2D eigenvalue weighted by Gasteiger charge is -2.36. The van der Waals surface area contributed by atoms with Crippen LogP contribution in [0.5, 0.6) is 11.5 Å². The minimum atomic E-state index is -3.31. The van der Waals surface area contributed by atoms with Crippen LogP contribution in [0.1, 0.15) is 30.4 Å². The number of hydrogen-bond acceptors (Lipinski definition) is 9. The van der Waals surface area contributed by atoms with Crippen molar-refractivity contribution in [2.45, 2.75) is 49.7 Å². The predicted molar refractivity (Wildman–Crippen MR) is 172 cm³/mol. The highest BCUT2D eigenvalue weighted by Crippen LogP contribution is 2.35. The predicted octanol–water partition coefficient (Wildman–Crippen LogP) is 3.84. The van der Waals surface area contributed by atoms with Gasteiger partial charge >= 0.3 is 29.8 Å². The summed E-state index contributed by atoms with van der Waals surface area (Å²) in [5.41, 5.74) is 1.75. The fourth-order valence-electron chi connectivity index (χ4n) is 5.47. The van der Waals surface area contributed by atoms with Gasteiger partial charge in [0.15, 0.2) is 6.10 Å². The first-order valence-electron chi connectivity index (χ1n) is 15.4. The summed E-state index contributed by atoms with van der Waals surface area (Å²) in [6.45, 7) is 0.0446. The van der Waals surface area contributed by atoms with Crippen LogP contribution in [0.4, 0.5) is 4.79 Å². The zero-order valence-electron chi connectivity index (χ0n) is 27.1. The fraction of sp³-hybridized carbons (Fsp3) is 0.343. The number of carboxylic acid groups (broad SMARTS) is 3. The van der Waals surface area contributed by atoms with Crippen LogP contribution in [-0.2, 0) is 39.8 Å². The van der Waals surface area contributed by atoms with Crippen molar-refractivity contribution in [2.75, 3.05) is 27.2 Å². The Bertz CT molecular complexity index is 1600. The van der Waals surface area contributed by atoms with E-state index in [1.807, 2.05) is 60.7 Å². The molecule has 260 valence electrons. The van der Waals surface area contributed by atoms with Crippen LogP contribution < -0.4 is 4.74 Å². The molecule has 49 heavy (non-hydrogen) atoms. The first kappa shape index (κ1) is 36.4. The molecule has 0 aliphatic carbocycles. The van der Waals surface area contributed by atoms with Gasteiger partial charge in [0.1, 0.15) is 30.8 Å². The van der Waals surface area contributed by atoms with E-state index in [2.05, 4.69) is 0 Å². The highest BCUT2D eigenvalue weighted by atomic mass is 16.8. The van der Waals surface area contributed by atoms with Gasteiger partial charge in [-0.15, -0.1) is 0 Å². The van der Waals surface area contributed by atoms with Crippen LogP contribution in [0.15, 0.2) is 84.9 Å². The quantitative estimate of drug-likeness (QED) is 0.197. The maximum atomic E-state index is 14.2. The maximum Gasteiger partial charge on any atom is 0.409 e. The Kier molecular flexibility index (Phi) is 11.9. The summed E-state index contributed by atoms with van der Waals surface area (Å²) in [6.07, 6.45) is -3.53. The van der Waals surface area contributed by atoms with E-state index in [1.54, 1.807) is 31.2 Å². The number of benzene rings is 3. The standard InChI is InChI=1S/C35H38N2O12/c1-22(27(19-14-23-10-6-4-7-11-23)24-15-17-26(18-16-24)47-25-12-8-5-9-13-25)37(20-29(38)39)31(40)30-28(21-46-34(45)36(2)3)48-35(49-30,32(41)42)33(43)44/h4-13,15-18,22,27-28,30H,14,19-21H2,1-3H3,(H,38,39)(H,41,42)(H,43,44). The third kappa shape index (κ3) is 8.91. The van der Waals surface area contributed by atoms with Crippen molar-refractivity contribution in [1.82, 2.24) is 9.80 Å². The molecule has 4 atom stereocenters. The number of aryl methyl sites for hydroxylation is 1. The molecule has 3 N–H and O–H groups in total. The highest BCUT2D eigenvalue weighted by molar-refractivity contribution is 6.01. The van der Waals surface area contributed by atoms with Crippen LogP contribution in [0, 0.1) is 0 Å². The number of nitrogens with zero attached hydrogens (tertiary/aromatic N) is 2. The van der Waals surface area contributed by atoms with E-state index in [0.29, 0.717) is 24.3 Å². The molecular weight excluding hydrogens is 640 g/mol. The Hall–Kier alpha value is -5.47. The van der Waals surface area contributed by atoms with Crippen LogP contribution in [0.3, 0.4) is 0 Å². The molecule has 2 amide bonds. The van der Waals surface area contributed by atoms with E-state index in [0.717, 1.165) is 20.9 Å². The van der Waals surface area contributed by atoms with Crippen molar-refractivity contribution in [3.05, 3.63) is 96.1 Å². The Balaban J connectivity index is 1.68. The number of hydrogen-bond donors (Lipinski definition) is 3. The molecule has 1 aliphatic rings. The van der Waals surface area contributed by atoms with Crippen LogP contribution in [0.2, 0.25) is 0 Å². The summed E-state index contributed by atoms with van der Waals surface area (Å²) in [7, 11) is 2.75. The van der Waals surface area contributed by atoms with E-state index in [9.17, 15) is 39.3 Å². The third-order valence-corrected chi connectivity index (χ3v) is 8.03. The zero-order chi connectivity index (χ0) is 35.7. The van der Waals surface area contributed by atoms with Gasteiger partial charge in [0, 0.05) is 26.1 Å². The summed E-state index contributed by atoms with van der Waals surface area (Å²) >= 11 is 0. The Morgan fingerprint density at radius 1 is 0.816 bits per heavy atom. The van der Waals surface area contributed by atoms with Gasteiger partial charge in [-0.3, -0.25) is 9.59 Å². The molecule has 0 aromatic heterocycles. The van der Waals surface area contributed by atoms with Crippen molar-refractivity contribution < 1.29 is 58.2 Å². The summed E-state index contributed by atoms with van der Waals surface area (Å²) < 4.78 is 21.6. The Morgan fingerprint density at radius 2 is 1.39 bits per heavy atom. The van der Waals surface area contributed by atoms with Gasteiger partial charge in [0.25, 0.3) is 5.91 Å². The molecule has 0 saturated carbocycles. The van der Waals surface area contributed by atoms with Crippen molar-refractivity contribution in [2.24, 2.45) is 0 Å².